The Morgan fingerprint density at radius 2 is 1.92 bits per heavy atom. The summed E-state index contributed by atoms with van der Waals surface area (Å²) in [5.41, 5.74) is 1.68. The molecule has 214 valence electrons. The summed E-state index contributed by atoms with van der Waals surface area (Å²) < 4.78 is 9.51. The van der Waals surface area contributed by atoms with Gasteiger partial charge in [-0.3, -0.25) is 9.58 Å². The number of halogens is 1. The van der Waals surface area contributed by atoms with Gasteiger partial charge in [-0.1, -0.05) is 13.3 Å². The molecule has 2 aliphatic heterocycles. The summed E-state index contributed by atoms with van der Waals surface area (Å²) in [7, 11) is 0. The largest absolute Gasteiger partial charge is 0.474 e. The average molecular weight is 593 g/mol. The van der Waals surface area contributed by atoms with E-state index in [1.165, 1.54) is 61.5 Å². The van der Waals surface area contributed by atoms with Crippen molar-refractivity contribution >= 4 is 21.7 Å². The van der Waals surface area contributed by atoms with E-state index in [-0.39, 0.29) is 17.7 Å². The number of aromatic nitrogens is 2. The van der Waals surface area contributed by atoms with Gasteiger partial charge in [-0.05, 0) is 108 Å². The van der Waals surface area contributed by atoms with Crippen molar-refractivity contribution in [1.29, 1.82) is 0 Å². The molecule has 4 aliphatic rings. The highest BCUT2D eigenvalue weighted by Gasteiger charge is 2.55. The highest BCUT2D eigenvalue weighted by molar-refractivity contribution is 9.10. The molecule has 0 aromatic carbocycles. The summed E-state index contributed by atoms with van der Waals surface area (Å²) in [6, 6.07) is 1.04. The SMILES string of the molecule is C=C(OC(C)(C)C)N1CC2(CC(n3nc(N4CCC(N(CCO)CCCC)CC45CCC5)c(Br)c3C)C2)C1. The van der Waals surface area contributed by atoms with Gasteiger partial charge in [0.2, 0.25) is 0 Å². The van der Waals surface area contributed by atoms with Gasteiger partial charge in [0, 0.05) is 43.2 Å². The fourth-order valence-electron chi connectivity index (χ4n) is 7.57. The Morgan fingerprint density at radius 1 is 1.21 bits per heavy atom. The first-order valence-electron chi connectivity index (χ1n) is 15.0. The van der Waals surface area contributed by atoms with E-state index in [9.17, 15) is 5.11 Å². The Hall–Kier alpha value is -1.25. The van der Waals surface area contributed by atoms with E-state index >= 15 is 0 Å². The third-order valence-electron chi connectivity index (χ3n) is 9.69. The fourth-order valence-corrected chi connectivity index (χ4v) is 8.05. The van der Waals surface area contributed by atoms with Crippen LogP contribution in [0.15, 0.2) is 16.9 Å². The molecule has 2 spiro atoms. The van der Waals surface area contributed by atoms with E-state index < -0.39 is 0 Å². The number of hydrogen-bond donors (Lipinski definition) is 1. The number of unbranched alkanes of at least 4 members (excludes halogenated alkanes) is 1. The molecule has 2 aliphatic carbocycles. The van der Waals surface area contributed by atoms with E-state index in [4.69, 9.17) is 9.84 Å². The highest BCUT2D eigenvalue weighted by Crippen LogP contribution is 2.56. The number of hydrogen-bond acceptors (Lipinski definition) is 6. The number of piperidine rings is 1. The van der Waals surface area contributed by atoms with Gasteiger partial charge < -0.3 is 19.6 Å². The van der Waals surface area contributed by atoms with Crippen LogP contribution in [0.1, 0.15) is 97.2 Å². The van der Waals surface area contributed by atoms with Gasteiger partial charge in [0.25, 0.3) is 0 Å². The van der Waals surface area contributed by atoms with Crippen molar-refractivity contribution in [1.82, 2.24) is 19.6 Å². The molecule has 2 saturated carbocycles. The van der Waals surface area contributed by atoms with Crippen molar-refractivity contribution in [2.24, 2.45) is 5.41 Å². The topological polar surface area (TPSA) is 57.0 Å². The molecule has 1 N–H and O–H groups in total. The zero-order chi connectivity index (χ0) is 27.3. The van der Waals surface area contributed by atoms with Gasteiger partial charge in [0.15, 0.2) is 11.7 Å². The zero-order valence-corrected chi connectivity index (χ0v) is 26.0. The maximum atomic E-state index is 9.71. The van der Waals surface area contributed by atoms with Crippen LogP contribution in [0.25, 0.3) is 0 Å². The number of aliphatic hydroxyl groups excluding tert-OH is 1. The van der Waals surface area contributed by atoms with Gasteiger partial charge in [0.05, 0.1) is 22.8 Å². The molecule has 1 atom stereocenters. The predicted octanol–water partition coefficient (Wildman–Crippen LogP) is 5.86. The van der Waals surface area contributed by atoms with Crippen molar-refractivity contribution in [3.8, 4) is 0 Å². The van der Waals surface area contributed by atoms with Gasteiger partial charge >= 0.3 is 0 Å². The van der Waals surface area contributed by atoms with Crippen LogP contribution >= 0.6 is 15.9 Å². The van der Waals surface area contributed by atoms with E-state index in [2.05, 4.69) is 76.5 Å². The van der Waals surface area contributed by atoms with Crippen LogP contribution in [0.2, 0.25) is 0 Å². The maximum Gasteiger partial charge on any atom is 0.182 e. The van der Waals surface area contributed by atoms with Gasteiger partial charge in [-0.25, -0.2) is 0 Å². The average Bonchev–Trinajstić information content (AvgIpc) is 3.06. The summed E-state index contributed by atoms with van der Waals surface area (Å²) in [4.78, 5) is 7.52. The second kappa shape index (κ2) is 10.6. The normalized spacial score (nSPS) is 24.5. The summed E-state index contributed by atoms with van der Waals surface area (Å²) in [6.45, 7) is 20.2. The lowest BCUT2D eigenvalue weighted by Crippen LogP contribution is -2.62. The second-order valence-electron chi connectivity index (χ2n) is 13.7. The van der Waals surface area contributed by atoms with Crippen molar-refractivity contribution in [2.75, 3.05) is 44.2 Å². The highest BCUT2D eigenvalue weighted by atomic mass is 79.9. The lowest BCUT2D eigenvalue weighted by atomic mass is 9.60. The smallest absolute Gasteiger partial charge is 0.182 e. The van der Waals surface area contributed by atoms with Crippen LogP contribution in [-0.2, 0) is 4.74 Å². The minimum absolute atomic E-state index is 0.199. The van der Waals surface area contributed by atoms with Gasteiger partial charge in [-0.15, -0.1) is 0 Å². The van der Waals surface area contributed by atoms with E-state index in [0.29, 0.717) is 17.5 Å². The van der Waals surface area contributed by atoms with Crippen LogP contribution in [0.3, 0.4) is 0 Å². The molecule has 0 amide bonds. The molecule has 8 heteroatoms. The molecule has 38 heavy (non-hydrogen) atoms. The number of anilines is 1. The first-order chi connectivity index (χ1) is 18.0. The summed E-state index contributed by atoms with van der Waals surface area (Å²) in [6.07, 6.45) is 10.9. The lowest BCUT2D eigenvalue weighted by molar-refractivity contribution is -0.116. The number of ether oxygens (including phenoxy) is 1. The summed E-state index contributed by atoms with van der Waals surface area (Å²) in [5, 5.41) is 15.0. The maximum absolute atomic E-state index is 9.71. The first-order valence-corrected chi connectivity index (χ1v) is 15.8. The Morgan fingerprint density at radius 3 is 2.50 bits per heavy atom. The molecular weight excluding hydrogens is 542 g/mol. The fraction of sp³-hybridized carbons (Fsp3) is 0.833. The van der Waals surface area contributed by atoms with Crippen molar-refractivity contribution in [2.45, 2.75) is 116 Å². The monoisotopic (exact) mass is 591 g/mol. The molecule has 3 heterocycles. The Kier molecular flexibility index (Phi) is 7.91. The molecule has 0 bridgehead atoms. The number of likely N-dealkylation sites (tertiary alicyclic amines) is 1. The third-order valence-corrected chi connectivity index (χ3v) is 10.6. The molecule has 0 radical (unpaired) electrons. The Bertz CT molecular complexity index is 999. The molecule has 2 saturated heterocycles. The number of rotatable bonds is 10. The minimum Gasteiger partial charge on any atom is -0.474 e. The molecule has 4 fully saturated rings. The molecule has 5 rings (SSSR count). The van der Waals surface area contributed by atoms with Crippen LogP contribution in [0.4, 0.5) is 5.82 Å². The van der Waals surface area contributed by atoms with E-state index in [1.807, 2.05) is 0 Å². The van der Waals surface area contributed by atoms with Gasteiger partial charge in [0.1, 0.15) is 5.60 Å². The lowest BCUT2D eigenvalue weighted by Gasteiger charge is -2.60. The van der Waals surface area contributed by atoms with Crippen LogP contribution < -0.4 is 4.90 Å². The molecule has 1 aromatic rings. The van der Waals surface area contributed by atoms with Crippen molar-refractivity contribution in [3.05, 3.63) is 22.6 Å². The molecule has 7 nitrogen and oxygen atoms in total. The number of aliphatic hydroxyl groups is 1. The Balaban J connectivity index is 1.24. The van der Waals surface area contributed by atoms with Crippen molar-refractivity contribution < 1.29 is 9.84 Å². The van der Waals surface area contributed by atoms with E-state index in [0.717, 1.165) is 50.8 Å². The van der Waals surface area contributed by atoms with Gasteiger partial charge in [-0.2, -0.15) is 5.10 Å². The third kappa shape index (κ3) is 5.26. The van der Waals surface area contributed by atoms with Crippen LogP contribution in [-0.4, -0.2) is 81.2 Å². The molecule has 1 unspecified atom stereocenters. The standard InChI is InChI=1S/C30H50BrN5O2/c1-7-8-13-33(15-16-37)24-10-14-35(30(19-24)11-9-12-30)27-26(31)22(2)36(32-27)25-17-29(18-25)20-34(21-29)23(3)38-28(4,5)6/h24-25,37H,3,7-21H2,1-2,4-6H3. The summed E-state index contributed by atoms with van der Waals surface area (Å²) >= 11 is 3.98. The molecular formula is C30H50BrN5O2. The van der Waals surface area contributed by atoms with Crippen LogP contribution in [0.5, 0.6) is 0 Å². The first kappa shape index (κ1) is 28.3. The van der Waals surface area contributed by atoms with E-state index in [1.54, 1.807) is 0 Å². The minimum atomic E-state index is -0.199. The van der Waals surface area contributed by atoms with Crippen molar-refractivity contribution in [3.63, 3.8) is 0 Å². The number of nitrogens with zero attached hydrogens (tertiary/aromatic N) is 5. The molecule has 1 aromatic heterocycles. The predicted molar refractivity (Wildman–Crippen MR) is 157 cm³/mol. The van der Waals surface area contributed by atoms with Crippen LogP contribution in [0, 0.1) is 12.3 Å². The summed E-state index contributed by atoms with van der Waals surface area (Å²) in [5.74, 6) is 1.97. The quantitative estimate of drug-likeness (QED) is 0.344. The zero-order valence-electron chi connectivity index (χ0n) is 24.4. The second-order valence-corrected chi connectivity index (χ2v) is 14.5. The Labute approximate surface area is 238 Å².